The number of nitrogens with zero attached hydrogens (tertiary/aromatic N) is 1. The van der Waals surface area contributed by atoms with Crippen LogP contribution in [0.4, 0.5) is 0 Å². The summed E-state index contributed by atoms with van der Waals surface area (Å²) >= 11 is 0. The van der Waals surface area contributed by atoms with E-state index in [-0.39, 0.29) is 24.4 Å². The van der Waals surface area contributed by atoms with Crippen LogP contribution in [-0.2, 0) is 14.9 Å². The lowest BCUT2D eigenvalue weighted by atomic mass is 9.64. The summed E-state index contributed by atoms with van der Waals surface area (Å²) < 4.78 is 6.56. The highest BCUT2D eigenvalue weighted by atomic mass is 16.5. The minimum atomic E-state index is -1.40. The maximum absolute atomic E-state index is 16.2. The van der Waals surface area contributed by atoms with Gasteiger partial charge in [0.1, 0.15) is 0 Å². The van der Waals surface area contributed by atoms with Crippen molar-refractivity contribution in [1.29, 1.82) is 5.26 Å². The number of esters is 1. The van der Waals surface area contributed by atoms with Crippen LogP contribution in [0, 0.1) is 22.2 Å². The predicted molar refractivity (Wildman–Crippen MR) is 274 cm³/mol. The van der Waals surface area contributed by atoms with Crippen LogP contribution in [0.5, 0.6) is 0 Å². The molecule has 25 aromatic carbocycles. The van der Waals surface area contributed by atoms with E-state index in [9.17, 15) is 5.26 Å². The lowest BCUT2D eigenvalue weighted by Gasteiger charge is -2.36. The molecule has 3 heteroatoms. The highest BCUT2D eigenvalue weighted by Crippen LogP contribution is 3.00. The summed E-state index contributed by atoms with van der Waals surface area (Å²) in [5, 5.41) is 90.1. The normalized spacial score (nSPS) is 27.7. The maximum atomic E-state index is 16.2. The molecule has 8 aliphatic rings. The van der Waals surface area contributed by atoms with Crippen molar-refractivity contribution < 1.29 is 9.53 Å². The second-order valence-corrected chi connectivity index (χ2v) is 25.2. The van der Waals surface area contributed by atoms with Crippen molar-refractivity contribution in [2.75, 3.05) is 6.61 Å². The number of rotatable bonds is 2. The molecule has 0 aliphatic heterocycles. The fraction of sp³-hybridized carbons (Fsp3) is 0.108. The highest BCUT2D eigenvalue weighted by molar-refractivity contribution is 6.80. The average Bonchev–Trinajstić information content (AvgIpc) is 4.21. The van der Waals surface area contributed by atoms with Crippen LogP contribution in [0.15, 0.2) is 0 Å². The van der Waals surface area contributed by atoms with E-state index in [1.807, 2.05) is 6.92 Å². The third-order valence-electron chi connectivity index (χ3n) is 25.7. The van der Waals surface area contributed by atoms with Gasteiger partial charge in [0.05, 0.1) is 23.5 Å². The second-order valence-electron chi connectivity index (χ2n) is 25.2. The van der Waals surface area contributed by atoms with Gasteiger partial charge in [-0.25, -0.2) is 0 Å². The Morgan fingerprint density at radius 2 is 0.735 bits per heavy atom. The smallest absolute Gasteiger partial charge is 0.328 e. The topological polar surface area (TPSA) is 50.1 Å². The fourth-order valence-electron chi connectivity index (χ4n) is 26.0. The van der Waals surface area contributed by atoms with Crippen LogP contribution in [-0.4, -0.2) is 12.6 Å². The number of benzene rings is 15. The van der Waals surface area contributed by atoms with E-state index in [1.165, 1.54) is 108 Å². The lowest BCUT2D eigenvalue weighted by molar-refractivity contribution is -0.148. The van der Waals surface area contributed by atoms with Gasteiger partial charge in [0.2, 0.25) is 0 Å². The fourth-order valence-corrected chi connectivity index (χ4v) is 26.0. The van der Waals surface area contributed by atoms with Crippen molar-refractivity contribution >= 4 is 276 Å². The van der Waals surface area contributed by atoms with E-state index in [1.54, 1.807) is 194 Å². The summed E-state index contributed by atoms with van der Waals surface area (Å²) in [6.45, 7) is 2.24. The van der Waals surface area contributed by atoms with Crippen LogP contribution in [0.1, 0.15) is 41.0 Å². The van der Waals surface area contributed by atoms with Crippen molar-refractivity contribution in [3.63, 3.8) is 0 Å². The first-order valence-electron chi connectivity index (χ1n) is 25.4. The Bertz CT molecular complexity index is 7360. The van der Waals surface area contributed by atoms with Crippen LogP contribution in [0.2, 0.25) is 0 Å². The zero-order chi connectivity index (χ0) is 40.7. The minimum absolute atomic E-state index is 0.0367. The molecule has 3 nitrogen and oxygen atoms in total. The van der Waals surface area contributed by atoms with Crippen molar-refractivity contribution in [1.82, 2.24) is 0 Å². The lowest BCUT2D eigenvalue weighted by Crippen LogP contribution is -2.33. The maximum Gasteiger partial charge on any atom is 0.328 e. The van der Waals surface area contributed by atoms with E-state index in [0.29, 0.717) is 0 Å². The quantitative estimate of drug-likeness (QED) is 0.129. The van der Waals surface area contributed by atoms with Gasteiger partial charge in [0, 0.05) is 11.8 Å². The van der Waals surface area contributed by atoms with Crippen LogP contribution in [0.25, 0.3) is 270 Å². The summed E-state index contributed by atoms with van der Waals surface area (Å²) in [6.07, 6.45) is 0. The molecule has 8 aliphatic carbocycles. The Hall–Kier alpha value is -8.32. The Balaban J connectivity index is 1.21. The minimum Gasteiger partial charge on any atom is -0.465 e. The van der Waals surface area contributed by atoms with Crippen LogP contribution >= 0.6 is 0 Å². The van der Waals surface area contributed by atoms with Crippen LogP contribution in [0.3, 0.4) is 0 Å². The molecule has 0 heterocycles. The molecule has 33 rings (SSSR count). The van der Waals surface area contributed by atoms with Crippen molar-refractivity contribution in [3.8, 4) is 6.07 Å². The first-order valence-corrected chi connectivity index (χ1v) is 25.4. The molecule has 2 fully saturated rings. The van der Waals surface area contributed by atoms with Crippen molar-refractivity contribution in [2.24, 2.45) is 10.8 Å². The summed E-state index contributed by atoms with van der Waals surface area (Å²) in [4.78, 5) is 16.2. The summed E-state index contributed by atoms with van der Waals surface area (Å²) in [5.74, 6) is -0.295. The van der Waals surface area contributed by atoms with Gasteiger partial charge in [-0.2, -0.15) is 5.26 Å². The molecule has 5 unspecified atom stereocenters. The second kappa shape index (κ2) is 5.43. The Morgan fingerprint density at radius 3 is 1.15 bits per heavy atom. The van der Waals surface area contributed by atoms with Gasteiger partial charge in [0.15, 0.2) is 5.41 Å². The van der Waals surface area contributed by atoms with Gasteiger partial charge in [-0.05, 0) is 309 Å². The van der Waals surface area contributed by atoms with Crippen molar-refractivity contribution in [2.45, 2.75) is 24.2 Å². The molecule has 5 atom stereocenters. The summed E-state index contributed by atoms with van der Waals surface area (Å²) in [6, 6.07) is 3.18. The molecule has 0 saturated heterocycles. The number of nitriles is 1. The molecule has 0 radical (unpaired) electrons. The SMILES string of the molecule is CCOC(=O)C1(C#N)C23c4c5c6c7c8c9c%10c%11c%12c%13c%14c(c%15c2c2c4c4c%16c5c7c5c7c8c%10c8c%10c%11c%13c%11c%13c%14c%15c%14c2c2c4c4c%16c5c5c7c8c7c%10c%11c8c%13c%14c2c2c4c5c7c82)C2C=%12C9C=6C213. The molecule has 0 amide bonds. The van der Waals surface area contributed by atoms with E-state index in [0.717, 1.165) is 0 Å². The zero-order valence-corrected chi connectivity index (χ0v) is 34.6. The number of ether oxygens (including phenoxy) is 1. The Labute approximate surface area is 369 Å². The number of carbonyl (C=O) groups is 1. The standard InChI is InChI=1S/C65H7NO2/c1-2-68-62(67)63(3-66)64-58-50-42-32-22-14-6-4-5-8-12-10(6)18-26-20(12)30-24-16(8)17-9(5)13-11-7(4)15(14)23-29-19(11)27-21(13)31-25(17)35-34(24)44-38(30)48-40(26)46(36(42)28(18)22)54(58)56(48)60-52(44)53-45(35)39(31)49-41(27)47-37(29)43(33(23)32)51(50)59(64)55(47)57(49)61(53)65(60,63)64/h50,59H,2H2,1H3. The molecule has 2 saturated carbocycles. The van der Waals surface area contributed by atoms with Crippen LogP contribution < -0.4 is 10.4 Å². The van der Waals surface area contributed by atoms with E-state index < -0.39 is 16.2 Å². The molecule has 0 N–H and O–H groups in total. The Morgan fingerprint density at radius 1 is 0.412 bits per heavy atom. The number of hydrogen-bond acceptors (Lipinski definition) is 3. The van der Waals surface area contributed by atoms with Gasteiger partial charge in [0.25, 0.3) is 0 Å². The molecule has 68 heavy (non-hydrogen) atoms. The molecule has 284 valence electrons. The largest absolute Gasteiger partial charge is 0.465 e. The molecule has 0 aromatic heterocycles. The van der Waals surface area contributed by atoms with E-state index in [4.69, 9.17) is 4.74 Å². The molecule has 25 aromatic rings. The first-order chi connectivity index (χ1) is 33.8. The monoisotopic (exact) mass is 833 g/mol. The third kappa shape index (κ3) is 1.20. The molecular weight excluding hydrogens is 827 g/mol. The summed E-state index contributed by atoms with van der Waals surface area (Å²) in [7, 11) is 0. The molecule has 0 bridgehead atoms. The van der Waals surface area contributed by atoms with Gasteiger partial charge in [-0.15, -0.1) is 0 Å². The Kier molecular flexibility index (Phi) is 1.99. The first kappa shape index (κ1) is 25.0. The van der Waals surface area contributed by atoms with Gasteiger partial charge < -0.3 is 4.74 Å². The predicted octanol–water partition coefficient (Wildman–Crippen LogP) is 14.1. The zero-order valence-electron chi connectivity index (χ0n) is 34.6. The van der Waals surface area contributed by atoms with Gasteiger partial charge >= 0.3 is 5.97 Å². The van der Waals surface area contributed by atoms with E-state index >= 15 is 4.79 Å². The summed E-state index contributed by atoms with van der Waals surface area (Å²) in [5.41, 5.74) is 5.88. The number of hydrogen-bond donors (Lipinski definition) is 0. The number of carbonyl (C=O) groups excluding carboxylic acids is 1. The average molecular weight is 834 g/mol. The highest BCUT2D eigenvalue weighted by Gasteiger charge is 3.01. The molecule has 2 spiro atoms. The molecular formula is C65H7NO2. The van der Waals surface area contributed by atoms with E-state index in [2.05, 4.69) is 6.07 Å². The van der Waals surface area contributed by atoms with Gasteiger partial charge in [-0.3, -0.25) is 4.79 Å². The third-order valence-corrected chi connectivity index (χ3v) is 25.7. The van der Waals surface area contributed by atoms with Gasteiger partial charge in [-0.1, -0.05) is 0 Å². The van der Waals surface area contributed by atoms with Crippen molar-refractivity contribution in [3.05, 3.63) is 32.7 Å².